The number of hydrogen-bond donors (Lipinski definition) is 0. The van der Waals surface area contributed by atoms with Crippen LogP contribution in [0.25, 0.3) is 0 Å². The van der Waals surface area contributed by atoms with Crippen molar-refractivity contribution in [2.45, 2.75) is 13.8 Å². The van der Waals surface area contributed by atoms with Gasteiger partial charge in [0.05, 0.1) is 13.7 Å². The topological polar surface area (TPSA) is 12.5 Å². The van der Waals surface area contributed by atoms with Gasteiger partial charge < -0.3 is 4.74 Å². The van der Waals surface area contributed by atoms with Crippen LogP contribution in [0.3, 0.4) is 0 Å². The highest BCUT2D eigenvalue weighted by Gasteiger charge is 1.94. The number of rotatable bonds is 4. The minimum atomic E-state index is 0.832. The predicted molar refractivity (Wildman–Crippen MR) is 67.7 cm³/mol. The van der Waals surface area contributed by atoms with Gasteiger partial charge >= 0.3 is 0 Å². The monoisotopic (exact) mass is 217 g/mol. The summed E-state index contributed by atoms with van der Waals surface area (Å²) >= 11 is 0. The van der Waals surface area contributed by atoms with Crippen molar-refractivity contribution in [1.29, 1.82) is 0 Å². The highest BCUT2D eigenvalue weighted by Crippen LogP contribution is 2.09. The lowest BCUT2D eigenvalue weighted by Crippen LogP contribution is -2.22. The van der Waals surface area contributed by atoms with Gasteiger partial charge in [-0.1, -0.05) is 25.7 Å². The minimum absolute atomic E-state index is 0.832. The van der Waals surface area contributed by atoms with Gasteiger partial charge in [-0.25, -0.2) is 0 Å². The van der Waals surface area contributed by atoms with E-state index in [2.05, 4.69) is 30.6 Å². The molecule has 2 nitrogen and oxygen atoms in total. The summed E-state index contributed by atoms with van der Waals surface area (Å²) in [6.45, 7) is 7.23. The zero-order chi connectivity index (χ0) is 11.8. The summed E-state index contributed by atoms with van der Waals surface area (Å²) in [7, 11) is 1.67. The van der Waals surface area contributed by atoms with Crippen molar-refractivity contribution in [2.24, 2.45) is 0 Å². The Balaban J connectivity index is 2.55. The van der Waals surface area contributed by atoms with Gasteiger partial charge in [-0.3, -0.25) is 4.90 Å². The third kappa shape index (κ3) is 3.96. The predicted octanol–water partition coefficient (Wildman–Crippen LogP) is 2.39. The molecule has 0 radical (unpaired) electrons. The number of benzene rings is 1. The average molecular weight is 217 g/mol. The Morgan fingerprint density at radius 1 is 1.12 bits per heavy atom. The number of ether oxygens (including phenoxy) is 1. The van der Waals surface area contributed by atoms with E-state index >= 15 is 0 Å². The lowest BCUT2D eigenvalue weighted by Gasteiger charge is -2.13. The zero-order valence-corrected chi connectivity index (χ0v) is 10.3. The maximum Gasteiger partial charge on any atom is 0.118 e. The van der Waals surface area contributed by atoms with Crippen molar-refractivity contribution in [3.05, 3.63) is 29.8 Å². The molecule has 0 saturated heterocycles. The molecule has 1 aromatic rings. The average Bonchev–Trinajstić information content (AvgIpc) is 2.35. The molecule has 2 heteroatoms. The van der Waals surface area contributed by atoms with E-state index in [0.717, 1.165) is 30.9 Å². The highest BCUT2D eigenvalue weighted by atomic mass is 16.5. The summed E-state index contributed by atoms with van der Waals surface area (Å²) in [6, 6.07) is 7.82. The van der Waals surface area contributed by atoms with Crippen molar-refractivity contribution < 1.29 is 4.74 Å². The fourth-order valence-corrected chi connectivity index (χ4v) is 1.37. The lowest BCUT2D eigenvalue weighted by atomic mass is 10.2. The SMILES string of the molecule is CCN(CC)CC#Cc1ccc(OC)cc1. The molecule has 16 heavy (non-hydrogen) atoms. The van der Waals surface area contributed by atoms with Crippen molar-refractivity contribution in [1.82, 2.24) is 4.90 Å². The zero-order valence-electron chi connectivity index (χ0n) is 10.3. The molecule has 0 heterocycles. The molecule has 0 aromatic heterocycles. The number of methoxy groups -OCH3 is 1. The van der Waals surface area contributed by atoms with Gasteiger partial charge in [0.2, 0.25) is 0 Å². The molecular weight excluding hydrogens is 198 g/mol. The second-order valence-corrected chi connectivity index (χ2v) is 3.49. The molecule has 0 aliphatic heterocycles. The van der Waals surface area contributed by atoms with Gasteiger partial charge in [-0.2, -0.15) is 0 Å². The van der Waals surface area contributed by atoms with E-state index in [1.807, 2.05) is 24.3 Å². The molecule has 86 valence electrons. The van der Waals surface area contributed by atoms with E-state index in [9.17, 15) is 0 Å². The summed E-state index contributed by atoms with van der Waals surface area (Å²) in [6.07, 6.45) is 0. The van der Waals surface area contributed by atoms with Crippen LogP contribution >= 0.6 is 0 Å². The van der Waals surface area contributed by atoms with E-state index in [4.69, 9.17) is 4.74 Å². The van der Waals surface area contributed by atoms with E-state index < -0.39 is 0 Å². The first-order valence-electron chi connectivity index (χ1n) is 5.65. The van der Waals surface area contributed by atoms with Gasteiger partial charge in [0.25, 0.3) is 0 Å². The molecule has 0 amide bonds. The van der Waals surface area contributed by atoms with E-state index in [0.29, 0.717) is 0 Å². The van der Waals surface area contributed by atoms with Crippen molar-refractivity contribution in [2.75, 3.05) is 26.7 Å². The Morgan fingerprint density at radius 2 is 1.75 bits per heavy atom. The molecule has 0 N–H and O–H groups in total. The molecule has 0 atom stereocenters. The van der Waals surface area contributed by atoms with Crippen molar-refractivity contribution in [3.8, 4) is 17.6 Å². The largest absolute Gasteiger partial charge is 0.497 e. The molecular formula is C14H19NO. The van der Waals surface area contributed by atoms with Crippen LogP contribution in [0.4, 0.5) is 0 Å². The first kappa shape index (κ1) is 12.6. The second kappa shape index (κ2) is 6.92. The van der Waals surface area contributed by atoms with E-state index in [-0.39, 0.29) is 0 Å². The summed E-state index contributed by atoms with van der Waals surface area (Å²) in [5.41, 5.74) is 1.04. The van der Waals surface area contributed by atoms with E-state index in [1.165, 1.54) is 0 Å². The summed E-state index contributed by atoms with van der Waals surface area (Å²) < 4.78 is 5.09. The minimum Gasteiger partial charge on any atom is -0.497 e. The highest BCUT2D eigenvalue weighted by molar-refractivity contribution is 5.38. The molecule has 1 rings (SSSR count). The first-order valence-corrected chi connectivity index (χ1v) is 5.65. The maximum absolute atomic E-state index is 5.09. The van der Waals surface area contributed by atoms with Crippen LogP contribution in [0.15, 0.2) is 24.3 Å². The Bertz CT molecular complexity index is 355. The number of nitrogens with zero attached hydrogens (tertiary/aromatic N) is 1. The van der Waals surface area contributed by atoms with Crippen LogP contribution < -0.4 is 4.74 Å². The fraction of sp³-hybridized carbons (Fsp3) is 0.429. The Labute approximate surface area is 98.2 Å². The molecule has 0 unspecified atom stereocenters. The first-order chi connectivity index (χ1) is 7.80. The molecule has 0 spiro atoms. The van der Waals surface area contributed by atoms with Crippen LogP contribution in [0.1, 0.15) is 19.4 Å². The standard InChI is InChI=1S/C14H19NO/c1-4-15(5-2)12-6-7-13-8-10-14(16-3)11-9-13/h8-11H,4-5,12H2,1-3H3. The Kier molecular flexibility index (Phi) is 5.45. The van der Waals surface area contributed by atoms with Gasteiger partial charge in [-0.05, 0) is 37.4 Å². The third-order valence-corrected chi connectivity index (χ3v) is 2.52. The summed E-state index contributed by atoms with van der Waals surface area (Å²) in [5.74, 6) is 7.19. The fourth-order valence-electron chi connectivity index (χ4n) is 1.37. The Morgan fingerprint density at radius 3 is 2.25 bits per heavy atom. The van der Waals surface area contributed by atoms with Gasteiger partial charge in [0.1, 0.15) is 5.75 Å². The molecule has 0 aliphatic rings. The smallest absolute Gasteiger partial charge is 0.118 e. The van der Waals surface area contributed by atoms with Gasteiger partial charge in [-0.15, -0.1) is 0 Å². The molecule has 0 aliphatic carbocycles. The second-order valence-electron chi connectivity index (χ2n) is 3.49. The molecule has 0 bridgehead atoms. The van der Waals surface area contributed by atoms with E-state index in [1.54, 1.807) is 7.11 Å². The van der Waals surface area contributed by atoms with Crippen molar-refractivity contribution in [3.63, 3.8) is 0 Å². The quantitative estimate of drug-likeness (QED) is 0.718. The maximum atomic E-state index is 5.09. The van der Waals surface area contributed by atoms with Crippen LogP contribution in [0.5, 0.6) is 5.75 Å². The van der Waals surface area contributed by atoms with Crippen molar-refractivity contribution >= 4 is 0 Å². The summed E-state index contributed by atoms with van der Waals surface area (Å²) in [5, 5.41) is 0. The third-order valence-electron chi connectivity index (χ3n) is 2.52. The molecule has 0 saturated carbocycles. The molecule has 1 aromatic carbocycles. The van der Waals surface area contributed by atoms with Gasteiger partial charge in [0, 0.05) is 5.56 Å². The molecule has 0 fully saturated rings. The van der Waals surface area contributed by atoms with Crippen LogP contribution in [0, 0.1) is 11.8 Å². The Hall–Kier alpha value is -1.46. The van der Waals surface area contributed by atoms with Crippen LogP contribution in [-0.4, -0.2) is 31.6 Å². The normalized spacial score (nSPS) is 9.75. The summed E-state index contributed by atoms with van der Waals surface area (Å²) in [4.78, 5) is 2.29. The van der Waals surface area contributed by atoms with Gasteiger partial charge in [0.15, 0.2) is 0 Å². The lowest BCUT2D eigenvalue weighted by molar-refractivity contribution is 0.342. The number of hydrogen-bond acceptors (Lipinski definition) is 2. The van der Waals surface area contributed by atoms with Crippen LogP contribution in [0.2, 0.25) is 0 Å². The van der Waals surface area contributed by atoms with Crippen LogP contribution in [-0.2, 0) is 0 Å².